The molecule has 5 aromatic rings. The first-order chi connectivity index (χ1) is 18.0. The van der Waals surface area contributed by atoms with Crippen molar-refractivity contribution in [2.24, 2.45) is 0 Å². The van der Waals surface area contributed by atoms with Crippen molar-refractivity contribution in [3.63, 3.8) is 0 Å². The molecule has 3 aromatic carbocycles. The molecule has 1 amide bonds. The molecule has 0 aliphatic rings. The van der Waals surface area contributed by atoms with Gasteiger partial charge in [0.1, 0.15) is 17.1 Å². The van der Waals surface area contributed by atoms with Crippen LogP contribution in [-0.2, 0) is 4.79 Å². The van der Waals surface area contributed by atoms with Gasteiger partial charge in [-0.25, -0.2) is 0 Å². The number of hydrogen-bond acceptors (Lipinski definition) is 5. The summed E-state index contributed by atoms with van der Waals surface area (Å²) in [6.07, 6.45) is 3.34. The molecule has 186 valence electrons. The Hall–Kier alpha value is -4.58. The van der Waals surface area contributed by atoms with Gasteiger partial charge in [-0.2, -0.15) is 0 Å². The molecule has 2 aromatic heterocycles. The molecule has 1 N–H and O–H groups in total. The molecule has 6 heteroatoms. The number of furan rings is 1. The van der Waals surface area contributed by atoms with Crippen molar-refractivity contribution in [2.45, 2.75) is 20.8 Å². The number of ether oxygens (including phenoxy) is 2. The number of nitrogens with zero attached hydrogens (tertiary/aromatic N) is 1. The Morgan fingerprint density at radius 3 is 2.62 bits per heavy atom. The van der Waals surface area contributed by atoms with E-state index in [-0.39, 0.29) is 5.91 Å². The van der Waals surface area contributed by atoms with Gasteiger partial charge in [-0.1, -0.05) is 18.2 Å². The summed E-state index contributed by atoms with van der Waals surface area (Å²) in [5.41, 5.74) is 6.78. The summed E-state index contributed by atoms with van der Waals surface area (Å²) in [4.78, 5) is 17.6. The van der Waals surface area contributed by atoms with Crippen molar-refractivity contribution < 1.29 is 18.7 Å². The molecule has 0 atom stereocenters. The van der Waals surface area contributed by atoms with Gasteiger partial charge in [0.05, 0.1) is 31.2 Å². The van der Waals surface area contributed by atoms with Crippen LogP contribution in [0.3, 0.4) is 0 Å². The summed E-state index contributed by atoms with van der Waals surface area (Å²) in [6.45, 7) is 6.28. The normalized spacial score (nSPS) is 11.6. The fourth-order valence-electron chi connectivity index (χ4n) is 4.44. The van der Waals surface area contributed by atoms with Gasteiger partial charge in [0.2, 0.25) is 5.91 Å². The number of carbonyl (C=O) groups is 1. The van der Waals surface area contributed by atoms with Crippen molar-refractivity contribution in [2.75, 3.05) is 19.0 Å². The lowest BCUT2D eigenvalue weighted by atomic mass is 9.99. The number of anilines is 1. The predicted molar refractivity (Wildman–Crippen MR) is 148 cm³/mol. The quantitative estimate of drug-likeness (QED) is 0.240. The van der Waals surface area contributed by atoms with Crippen LogP contribution in [0.1, 0.15) is 25.1 Å². The summed E-state index contributed by atoms with van der Waals surface area (Å²) in [5, 5.41) is 4.84. The van der Waals surface area contributed by atoms with E-state index in [1.54, 1.807) is 19.4 Å². The summed E-state index contributed by atoms with van der Waals surface area (Å²) < 4.78 is 17.1. The summed E-state index contributed by atoms with van der Waals surface area (Å²) >= 11 is 0. The number of aromatic nitrogens is 1. The Bertz CT molecular complexity index is 1630. The maximum atomic E-state index is 13.1. The molecular formula is C31H28N2O4. The van der Waals surface area contributed by atoms with Crippen LogP contribution in [-0.4, -0.2) is 24.6 Å². The number of nitrogens with one attached hydrogen (secondary N) is 1. The van der Waals surface area contributed by atoms with E-state index >= 15 is 0 Å². The van der Waals surface area contributed by atoms with Gasteiger partial charge >= 0.3 is 0 Å². The Balaban J connectivity index is 1.50. The first-order valence-corrected chi connectivity index (χ1v) is 12.2. The third kappa shape index (κ3) is 4.91. The molecule has 0 bridgehead atoms. The molecule has 37 heavy (non-hydrogen) atoms. The zero-order chi connectivity index (χ0) is 25.9. The van der Waals surface area contributed by atoms with Crippen LogP contribution >= 0.6 is 0 Å². The SMILES string of the molecule is CCOc1cc2occ(-c3ccc(OC)cc3)c2cc1/C(C)=C/C(=O)Nc1cccc2nc(C)ccc12. The number of pyridine rings is 1. The minimum absolute atomic E-state index is 0.226. The number of rotatable bonds is 7. The molecule has 0 saturated carbocycles. The van der Waals surface area contributed by atoms with Crippen molar-refractivity contribution in [1.82, 2.24) is 4.98 Å². The lowest BCUT2D eigenvalue weighted by molar-refractivity contribution is -0.111. The third-order valence-electron chi connectivity index (χ3n) is 6.28. The summed E-state index contributed by atoms with van der Waals surface area (Å²) in [6, 6.07) is 21.4. The van der Waals surface area contributed by atoms with E-state index in [1.807, 2.05) is 87.5 Å². The average Bonchev–Trinajstić information content (AvgIpc) is 3.31. The van der Waals surface area contributed by atoms with E-state index in [9.17, 15) is 4.79 Å². The molecule has 6 nitrogen and oxygen atoms in total. The summed E-state index contributed by atoms with van der Waals surface area (Å²) in [7, 11) is 1.65. The van der Waals surface area contributed by atoms with Crippen molar-refractivity contribution in [3.8, 4) is 22.6 Å². The number of allylic oxidation sites excluding steroid dienone is 1. The molecule has 0 spiro atoms. The van der Waals surface area contributed by atoms with E-state index in [1.165, 1.54) is 0 Å². The van der Waals surface area contributed by atoms with Gasteiger partial charge in [0.15, 0.2) is 0 Å². The lowest BCUT2D eigenvalue weighted by Gasteiger charge is -2.12. The molecule has 0 radical (unpaired) electrons. The second-order valence-electron chi connectivity index (χ2n) is 8.80. The van der Waals surface area contributed by atoms with Gasteiger partial charge in [0, 0.05) is 39.7 Å². The molecule has 0 aliphatic carbocycles. The topological polar surface area (TPSA) is 73.6 Å². The van der Waals surface area contributed by atoms with Crippen LogP contribution in [0.2, 0.25) is 0 Å². The zero-order valence-electron chi connectivity index (χ0n) is 21.3. The maximum absolute atomic E-state index is 13.1. The molecule has 5 rings (SSSR count). The number of benzene rings is 3. The highest BCUT2D eigenvalue weighted by Gasteiger charge is 2.16. The minimum Gasteiger partial charge on any atom is -0.497 e. The minimum atomic E-state index is -0.226. The summed E-state index contributed by atoms with van der Waals surface area (Å²) in [5.74, 6) is 1.23. The highest BCUT2D eigenvalue weighted by molar-refractivity contribution is 6.09. The van der Waals surface area contributed by atoms with E-state index in [2.05, 4.69) is 10.3 Å². The average molecular weight is 493 g/mol. The Kier molecular flexibility index (Phi) is 6.64. The number of fused-ring (bicyclic) bond motifs is 2. The number of aryl methyl sites for hydroxylation is 1. The third-order valence-corrected chi connectivity index (χ3v) is 6.28. The molecule has 2 heterocycles. The van der Waals surface area contributed by atoms with Gasteiger partial charge in [-0.3, -0.25) is 9.78 Å². The monoisotopic (exact) mass is 492 g/mol. The van der Waals surface area contributed by atoms with Crippen molar-refractivity contribution >= 4 is 39.0 Å². The van der Waals surface area contributed by atoms with E-state index in [0.717, 1.165) is 55.7 Å². The molecule has 0 fully saturated rings. The largest absolute Gasteiger partial charge is 0.497 e. The van der Waals surface area contributed by atoms with Gasteiger partial charge in [-0.15, -0.1) is 0 Å². The highest BCUT2D eigenvalue weighted by atomic mass is 16.5. The first-order valence-electron chi connectivity index (χ1n) is 12.2. The first kappa shape index (κ1) is 24.1. The fraction of sp³-hybridized carbons (Fsp3) is 0.161. The number of carbonyl (C=O) groups excluding carboxylic acids is 1. The molecule has 0 aliphatic heterocycles. The van der Waals surface area contributed by atoms with E-state index in [4.69, 9.17) is 13.9 Å². The Morgan fingerprint density at radius 2 is 1.86 bits per heavy atom. The predicted octanol–water partition coefficient (Wildman–Crippen LogP) is 7.41. The van der Waals surface area contributed by atoms with Crippen LogP contribution in [0.25, 0.3) is 38.6 Å². The van der Waals surface area contributed by atoms with Crippen LogP contribution in [0.15, 0.2) is 83.5 Å². The smallest absolute Gasteiger partial charge is 0.248 e. The Morgan fingerprint density at radius 1 is 1.05 bits per heavy atom. The van der Waals surface area contributed by atoms with Crippen LogP contribution in [0, 0.1) is 6.92 Å². The second kappa shape index (κ2) is 10.2. The zero-order valence-corrected chi connectivity index (χ0v) is 21.3. The van der Waals surface area contributed by atoms with Crippen LogP contribution < -0.4 is 14.8 Å². The standard InChI is InChI=1S/C31H28N2O4/c1-5-36-29-17-30-25(26(18-37-30)21-10-12-22(35-4)13-11-21)16-24(29)19(2)15-31(34)33-28-8-6-7-27-23(28)14-9-20(3)32-27/h6-18H,5H2,1-4H3,(H,33,34)/b19-15+. The van der Waals surface area contributed by atoms with E-state index in [0.29, 0.717) is 17.9 Å². The van der Waals surface area contributed by atoms with Gasteiger partial charge in [-0.05, 0) is 74.4 Å². The molecular weight excluding hydrogens is 464 g/mol. The van der Waals surface area contributed by atoms with E-state index < -0.39 is 0 Å². The van der Waals surface area contributed by atoms with Gasteiger partial charge in [0.25, 0.3) is 0 Å². The van der Waals surface area contributed by atoms with Crippen molar-refractivity contribution in [3.05, 3.63) is 90.3 Å². The van der Waals surface area contributed by atoms with Crippen molar-refractivity contribution in [1.29, 1.82) is 0 Å². The van der Waals surface area contributed by atoms with Crippen LogP contribution in [0.5, 0.6) is 11.5 Å². The highest BCUT2D eigenvalue weighted by Crippen LogP contribution is 2.38. The number of amides is 1. The number of methoxy groups -OCH3 is 1. The maximum Gasteiger partial charge on any atom is 0.248 e. The fourth-order valence-corrected chi connectivity index (χ4v) is 4.44. The number of hydrogen-bond donors (Lipinski definition) is 1. The molecule has 0 unspecified atom stereocenters. The second-order valence-corrected chi connectivity index (χ2v) is 8.80. The van der Waals surface area contributed by atoms with Crippen LogP contribution in [0.4, 0.5) is 5.69 Å². The lowest BCUT2D eigenvalue weighted by Crippen LogP contribution is -2.09. The molecule has 0 saturated heterocycles. The van der Waals surface area contributed by atoms with Gasteiger partial charge < -0.3 is 19.2 Å². The Labute approximate surface area is 215 Å².